The summed E-state index contributed by atoms with van der Waals surface area (Å²) in [5.74, 6) is 0.266. The highest BCUT2D eigenvalue weighted by molar-refractivity contribution is 5.93. The molecular formula is C25H23NO6. The van der Waals surface area contributed by atoms with Gasteiger partial charge in [-0.05, 0) is 36.4 Å². The molecule has 1 amide bonds. The van der Waals surface area contributed by atoms with Gasteiger partial charge in [0.05, 0.1) is 0 Å². The lowest BCUT2D eigenvalue weighted by atomic mass is 10.1. The maximum Gasteiger partial charge on any atom is 0.344 e. The van der Waals surface area contributed by atoms with Crippen molar-refractivity contribution in [2.24, 2.45) is 0 Å². The van der Waals surface area contributed by atoms with Crippen LogP contribution < -0.4 is 19.5 Å². The number of fused-ring (bicyclic) bond motifs is 2. The molecule has 0 radical (unpaired) electrons. The predicted molar refractivity (Wildman–Crippen MR) is 118 cm³/mol. The predicted octanol–water partition coefficient (Wildman–Crippen LogP) is 4.44. The van der Waals surface area contributed by atoms with Gasteiger partial charge in [0.2, 0.25) is 0 Å². The van der Waals surface area contributed by atoms with Gasteiger partial charge in [0, 0.05) is 30.0 Å². The topological polar surface area (TPSA) is 83.1 Å². The van der Waals surface area contributed by atoms with Crippen molar-refractivity contribution in [3.63, 3.8) is 0 Å². The highest BCUT2D eigenvalue weighted by Crippen LogP contribution is 2.47. The number of carbonyl (C=O) groups is 2. The smallest absolute Gasteiger partial charge is 0.344 e. The summed E-state index contributed by atoms with van der Waals surface area (Å²) >= 11 is 0. The maximum absolute atomic E-state index is 12.2. The Balaban J connectivity index is 1.11. The number of esters is 1. The first kappa shape index (κ1) is 20.2. The molecule has 7 nitrogen and oxygen atoms in total. The summed E-state index contributed by atoms with van der Waals surface area (Å²) in [5.41, 5.74) is 0.551. The van der Waals surface area contributed by atoms with Crippen LogP contribution in [0.5, 0.6) is 17.2 Å². The number of nitrogens with one attached hydrogen (secondary N) is 1. The second-order valence-corrected chi connectivity index (χ2v) is 7.96. The lowest BCUT2D eigenvalue weighted by molar-refractivity contribution is -0.149. The van der Waals surface area contributed by atoms with E-state index in [0.29, 0.717) is 22.9 Å². The van der Waals surface area contributed by atoms with E-state index in [4.69, 9.17) is 18.9 Å². The van der Waals surface area contributed by atoms with E-state index in [0.717, 1.165) is 36.5 Å². The highest BCUT2D eigenvalue weighted by Gasteiger charge is 2.44. The minimum atomic E-state index is -0.623. The van der Waals surface area contributed by atoms with Crippen LogP contribution in [0, 0.1) is 0 Å². The van der Waals surface area contributed by atoms with Crippen molar-refractivity contribution in [2.45, 2.75) is 31.5 Å². The van der Waals surface area contributed by atoms with E-state index in [1.165, 1.54) is 0 Å². The zero-order chi connectivity index (χ0) is 22.0. The van der Waals surface area contributed by atoms with E-state index in [2.05, 4.69) is 5.32 Å². The largest absolute Gasteiger partial charge is 0.481 e. The number of benzene rings is 3. The molecule has 0 unspecified atom stereocenters. The Morgan fingerprint density at radius 2 is 1.69 bits per heavy atom. The highest BCUT2D eigenvalue weighted by atomic mass is 16.7. The first-order chi connectivity index (χ1) is 15.6. The average molecular weight is 433 g/mol. The van der Waals surface area contributed by atoms with Gasteiger partial charge in [-0.25, -0.2) is 4.79 Å². The number of anilines is 1. The summed E-state index contributed by atoms with van der Waals surface area (Å²) in [5, 5.41) is 4.63. The van der Waals surface area contributed by atoms with Gasteiger partial charge >= 0.3 is 5.97 Å². The van der Waals surface area contributed by atoms with Crippen LogP contribution in [-0.2, 0) is 14.3 Å². The molecule has 0 atom stereocenters. The first-order valence-electron chi connectivity index (χ1n) is 10.7. The van der Waals surface area contributed by atoms with Gasteiger partial charge in [-0.2, -0.15) is 0 Å². The second-order valence-electron chi connectivity index (χ2n) is 7.96. The summed E-state index contributed by atoms with van der Waals surface area (Å²) < 4.78 is 22.6. The van der Waals surface area contributed by atoms with E-state index < -0.39 is 24.3 Å². The molecule has 3 aromatic carbocycles. The molecular weight excluding hydrogens is 410 g/mol. The van der Waals surface area contributed by atoms with E-state index in [9.17, 15) is 9.59 Å². The molecule has 1 fully saturated rings. The van der Waals surface area contributed by atoms with Gasteiger partial charge in [0.15, 0.2) is 24.7 Å². The molecule has 0 aromatic heterocycles. The minimum Gasteiger partial charge on any atom is -0.481 e. The molecule has 0 bridgehead atoms. The quantitative estimate of drug-likeness (QED) is 0.579. The van der Waals surface area contributed by atoms with Gasteiger partial charge < -0.3 is 24.3 Å². The summed E-state index contributed by atoms with van der Waals surface area (Å²) in [4.78, 5) is 24.3. The van der Waals surface area contributed by atoms with Crippen LogP contribution in [-0.4, -0.2) is 30.9 Å². The second kappa shape index (κ2) is 8.42. The number of ether oxygens (including phenoxy) is 4. The van der Waals surface area contributed by atoms with Gasteiger partial charge in [-0.3, -0.25) is 4.79 Å². The third-order valence-corrected chi connectivity index (χ3v) is 5.64. The molecule has 1 N–H and O–H groups in total. The Morgan fingerprint density at radius 3 is 2.56 bits per heavy atom. The summed E-state index contributed by atoms with van der Waals surface area (Å²) in [6.45, 7) is -0.691. The van der Waals surface area contributed by atoms with Gasteiger partial charge in [-0.1, -0.05) is 36.4 Å². The van der Waals surface area contributed by atoms with Crippen molar-refractivity contribution in [1.82, 2.24) is 0 Å². The van der Waals surface area contributed by atoms with E-state index in [1.54, 1.807) is 24.3 Å². The van der Waals surface area contributed by atoms with Gasteiger partial charge in [-0.15, -0.1) is 0 Å². The molecule has 2 aliphatic rings. The van der Waals surface area contributed by atoms with Gasteiger partial charge in [0.1, 0.15) is 5.75 Å². The van der Waals surface area contributed by atoms with Crippen LogP contribution in [0.1, 0.15) is 25.7 Å². The van der Waals surface area contributed by atoms with Gasteiger partial charge in [0.25, 0.3) is 11.7 Å². The third kappa shape index (κ3) is 4.19. The lowest BCUT2D eigenvalue weighted by Gasteiger charge is -2.21. The van der Waals surface area contributed by atoms with E-state index in [-0.39, 0.29) is 6.61 Å². The van der Waals surface area contributed by atoms with E-state index >= 15 is 0 Å². The van der Waals surface area contributed by atoms with E-state index in [1.807, 2.05) is 36.4 Å². The first-order valence-corrected chi connectivity index (χ1v) is 10.7. The van der Waals surface area contributed by atoms with Crippen molar-refractivity contribution >= 4 is 28.3 Å². The molecule has 0 saturated heterocycles. The number of rotatable bonds is 6. The molecule has 1 saturated carbocycles. The number of hydrogen-bond donors (Lipinski definition) is 1. The minimum absolute atomic E-state index is 0.284. The Labute approximate surface area is 185 Å². The molecule has 1 heterocycles. The Kier molecular flexibility index (Phi) is 5.31. The Morgan fingerprint density at radius 1 is 0.906 bits per heavy atom. The van der Waals surface area contributed by atoms with Crippen molar-refractivity contribution in [3.05, 3.63) is 60.7 Å². The molecule has 1 aliphatic heterocycles. The summed E-state index contributed by atoms with van der Waals surface area (Å²) in [7, 11) is 0. The zero-order valence-electron chi connectivity index (χ0n) is 17.5. The molecule has 1 spiro atoms. The molecule has 32 heavy (non-hydrogen) atoms. The van der Waals surface area contributed by atoms with Crippen molar-refractivity contribution in [1.29, 1.82) is 0 Å². The van der Waals surface area contributed by atoms with Crippen LogP contribution in [0.2, 0.25) is 0 Å². The average Bonchev–Trinajstić information content (AvgIpc) is 3.41. The van der Waals surface area contributed by atoms with Crippen LogP contribution in [0.4, 0.5) is 5.69 Å². The SMILES string of the molecule is O=C(COC(=O)COc1cccc2ccccc12)Nc1ccc2c(c1)OC1(CCCC1)O2. The molecule has 7 heteroatoms. The Bertz CT molecular complexity index is 1160. The van der Waals surface area contributed by atoms with Crippen LogP contribution >= 0.6 is 0 Å². The van der Waals surface area contributed by atoms with Crippen molar-refractivity contribution in [3.8, 4) is 17.2 Å². The monoisotopic (exact) mass is 433 g/mol. The van der Waals surface area contributed by atoms with Crippen LogP contribution in [0.15, 0.2) is 60.7 Å². The lowest BCUT2D eigenvalue weighted by Crippen LogP contribution is -2.34. The fourth-order valence-corrected chi connectivity index (χ4v) is 4.13. The molecule has 164 valence electrons. The zero-order valence-corrected chi connectivity index (χ0v) is 17.5. The van der Waals surface area contributed by atoms with Crippen LogP contribution in [0.25, 0.3) is 10.8 Å². The number of carbonyl (C=O) groups excluding carboxylic acids is 2. The van der Waals surface area contributed by atoms with Crippen molar-refractivity contribution < 1.29 is 28.5 Å². The maximum atomic E-state index is 12.2. The molecule has 3 aromatic rings. The molecule has 5 rings (SSSR count). The standard InChI is InChI=1S/C25H23NO6/c27-23(26-18-10-11-21-22(14-18)32-25(31-21)12-3-4-13-25)15-30-24(28)16-29-20-9-5-7-17-6-1-2-8-19(17)20/h1-2,5-11,14H,3-4,12-13,15-16H2,(H,26,27). The fraction of sp³-hybridized carbons (Fsp3) is 0.280. The Hall–Kier alpha value is -3.74. The summed E-state index contributed by atoms with van der Waals surface area (Å²) in [6.07, 6.45) is 3.88. The summed E-state index contributed by atoms with van der Waals surface area (Å²) in [6, 6.07) is 18.6. The normalized spacial score (nSPS) is 15.6. The van der Waals surface area contributed by atoms with Crippen LogP contribution in [0.3, 0.4) is 0 Å². The third-order valence-electron chi connectivity index (χ3n) is 5.64. The fourth-order valence-electron chi connectivity index (χ4n) is 4.13. The molecule has 1 aliphatic carbocycles. The number of hydrogen-bond acceptors (Lipinski definition) is 6. The number of amides is 1. The van der Waals surface area contributed by atoms with Crippen molar-refractivity contribution in [2.75, 3.05) is 18.5 Å².